The van der Waals surface area contributed by atoms with E-state index >= 15 is 0 Å². The van der Waals surface area contributed by atoms with Crippen molar-refractivity contribution >= 4 is 0 Å². The molecule has 0 aliphatic rings. The second-order valence-corrected chi connectivity index (χ2v) is 4.49. The van der Waals surface area contributed by atoms with Gasteiger partial charge in [-0.1, -0.05) is 13.8 Å². The molecule has 18 heavy (non-hydrogen) atoms. The van der Waals surface area contributed by atoms with Crippen LogP contribution in [-0.4, -0.2) is 30.5 Å². The van der Waals surface area contributed by atoms with Gasteiger partial charge in [-0.25, -0.2) is 0 Å². The van der Waals surface area contributed by atoms with Gasteiger partial charge in [-0.2, -0.15) is 10.2 Å². The predicted octanol–water partition coefficient (Wildman–Crippen LogP) is 2.42. The van der Waals surface area contributed by atoms with Gasteiger partial charge in [-0.15, -0.1) is 0 Å². The average Bonchev–Trinajstić information content (AvgIpc) is 2.38. The Bertz CT molecular complexity index is 355. The van der Waals surface area contributed by atoms with Crippen molar-refractivity contribution in [2.24, 2.45) is 0 Å². The molecule has 1 N–H and O–H groups in total. The Balaban J connectivity index is 2.85. The van der Waals surface area contributed by atoms with Crippen molar-refractivity contribution < 1.29 is 4.74 Å². The van der Waals surface area contributed by atoms with Gasteiger partial charge in [0.15, 0.2) is 0 Å². The lowest BCUT2D eigenvalue weighted by Gasteiger charge is -2.20. The molecule has 0 saturated carbocycles. The zero-order chi connectivity index (χ0) is 13.4. The van der Waals surface area contributed by atoms with E-state index in [1.54, 1.807) is 7.11 Å². The Morgan fingerprint density at radius 3 is 2.72 bits per heavy atom. The molecule has 0 saturated heterocycles. The molecule has 1 unspecified atom stereocenters. The van der Waals surface area contributed by atoms with Crippen LogP contribution in [0.2, 0.25) is 0 Å². The van der Waals surface area contributed by atoms with Gasteiger partial charge < -0.3 is 10.1 Å². The standard InChI is InChI=1S/C14H25N3O/c1-5-13-12(10-11(3)16-17-13)14(15-6-2)8-7-9-18-4/h10,14-15H,5-9H2,1-4H3. The van der Waals surface area contributed by atoms with E-state index in [2.05, 4.69) is 35.4 Å². The van der Waals surface area contributed by atoms with E-state index in [0.29, 0.717) is 6.04 Å². The number of ether oxygens (including phenoxy) is 1. The van der Waals surface area contributed by atoms with E-state index in [4.69, 9.17) is 4.74 Å². The predicted molar refractivity (Wildman–Crippen MR) is 73.7 cm³/mol. The third kappa shape index (κ3) is 4.35. The number of aromatic nitrogens is 2. The molecule has 1 aromatic rings. The molecule has 0 aliphatic carbocycles. The van der Waals surface area contributed by atoms with Gasteiger partial charge in [0.25, 0.3) is 0 Å². The van der Waals surface area contributed by atoms with Crippen molar-refractivity contribution in [2.45, 2.75) is 46.1 Å². The first-order valence-corrected chi connectivity index (χ1v) is 6.78. The first-order chi connectivity index (χ1) is 8.72. The number of hydrogen-bond acceptors (Lipinski definition) is 4. The Morgan fingerprint density at radius 1 is 1.33 bits per heavy atom. The summed E-state index contributed by atoms with van der Waals surface area (Å²) in [5.41, 5.74) is 3.38. The van der Waals surface area contributed by atoms with Crippen molar-refractivity contribution in [3.05, 3.63) is 23.0 Å². The Morgan fingerprint density at radius 2 is 2.11 bits per heavy atom. The largest absolute Gasteiger partial charge is 0.385 e. The molecule has 0 amide bonds. The maximum Gasteiger partial charge on any atom is 0.0676 e. The molecule has 1 aromatic heterocycles. The fourth-order valence-electron chi connectivity index (χ4n) is 2.16. The molecule has 4 nitrogen and oxygen atoms in total. The van der Waals surface area contributed by atoms with Gasteiger partial charge in [-0.3, -0.25) is 0 Å². The molecular formula is C14H25N3O. The van der Waals surface area contributed by atoms with Crippen LogP contribution in [0.15, 0.2) is 6.07 Å². The summed E-state index contributed by atoms with van der Waals surface area (Å²) in [7, 11) is 1.75. The zero-order valence-corrected chi connectivity index (χ0v) is 12.0. The molecule has 4 heteroatoms. The molecule has 0 aromatic carbocycles. The highest BCUT2D eigenvalue weighted by Crippen LogP contribution is 2.22. The van der Waals surface area contributed by atoms with E-state index in [1.165, 1.54) is 5.56 Å². The molecule has 0 spiro atoms. The number of hydrogen-bond donors (Lipinski definition) is 1. The fraction of sp³-hybridized carbons (Fsp3) is 0.714. The summed E-state index contributed by atoms with van der Waals surface area (Å²) >= 11 is 0. The molecule has 0 fully saturated rings. The Hall–Kier alpha value is -1.00. The maximum atomic E-state index is 5.13. The average molecular weight is 251 g/mol. The smallest absolute Gasteiger partial charge is 0.0676 e. The van der Waals surface area contributed by atoms with E-state index in [-0.39, 0.29) is 0 Å². The second-order valence-electron chi connectivity index (χ2n) is 4.49. The molecule has 1 rings (SSSR count). The number of aryl methyl sites for hydroxylation is 2. The van der Waals surface area contributed by atoms with Crippen LogP contribution in [0, 0.1) is 6.92 Å². The van der Waals surface area contributed by atoms with Crippen LogP contribution in [0.5, 0.6) is 0 Å². The van der Waals surface area contributed by atoms with Gasteiger partial charge in [0.05, 0.1) is 11.4 Å². The fourth-order valence-corrected chi connectivity index (χ4v) is 2.16. The third-order valence-electron chi connectivity index (χ3n) is 3.03. The summed E-state index contributed by atoms with van der Waals surface area (Å²) in [4.78, 5) is 0. The van der Waals surface area contributed by atoms with Crippen molar-refractivity contribution in [2.75, 3.05) is 20.3 Å². The Labute approximate surface area is 110 Å². The van der Waals surface area contributed by atoms with Gasteiger partial charge >= 0.3 is 0 Å². The van der Waals surface area contributed by atoms with Crippen molar-refractivity contribution in [1.29, 1.82) is 0 Å². The number of rotatable bonds is 8. The normalized spacial score (nSPS) is 12.7. The minimum absolute atomic E-state index is 0.356. The quantitative estimate of drug-likeness (QED) is 0.721. The maximum absolute atomic E-state index is 5.13. The molecule has 1 heterocycles. The van der Waals surface area contributed by atoms with E-state index < -0.39 is 0 Å². The van der Waals surface area contributed by atoms with E-state index in [0.717, 1.165) is 43.8 Å². The SMILES string of the molecule is CCNC(CCCOC)c1cc(C)nnc1CC. The van der Waals surface area contributed by atoms with Gasteiger partial charge in [-0.05, 0) is 44.4 Å². The van der Waals surface area contributed by atoms with E-state index in [9.17, 15) is 0 Å². The summed E-state index contributed by atoms with van der Waals surface area (Å²) < 4.78 is 5.13. The monoisotopic (exact) mass is 251 g/mol. The molecular weight excluding hydrogens is 226 g/mol. The second kappa shape index (κ2) is 8.16. The Kier molecular flexibility index (Phi) is 6.83. The van der Waals surface area contributed by atoms with Crippen LogP contribution in [0.1, 0.15) is 49.7 Å². The number of methoxy groups -OCH3 is 1. The van der Waals surface area contributed by atoms with Crippen molar-refractivity contribution in [3.63, 3.8) is 0 Å². The summed E-state index contributed by atoms with van der Waals surface area (Å²) in [6.45, 7) is 8.02. The topological polar surface area (TPSA) is 47.0 Å². The lowest BCUT2D eigenvalue weighted by Crippen LogP contribution is -2.23. The van der Waals surface area contributed by atoms with Gasteiger partial charge in [0.2, 0.25) is 0 Å². The molecule has 1 atom stereocenters. The zero-order valence-electron chi connectivity index (χ0n) is 12.0. The molecule has 102 valence electrons. The van der Waals surface area contributed by atoms with Crippen LogP contribution in [0.25, 0.3) is 0 Å². The van der Waals surface area contributed by atoms with Crippen molar-refractivity contribution in [3.8, 4) is 0 Å². The minimum Gasteiger partial charge on any atom is -0.385 e. The highest BCUT2D eigenvalue weighted by atomic mass is 16.5. The van der Waals surface area contributed by atoms with Crippen LogP contribution in [0.4, 0.5) is 0 Å². The molecule has 0 bridgehead atoms. The number of nitrogens with one attached hydrogen (secondary N) is 1. The van der Waals surface area contributed by atoms with Crippen LogP contribution >= 0.6 is 0 Å². The summed E-state index contributed by atoms with van der Waals surface area (Å²) in [6.07, 6.45) is 3.05. The van der Waals surface area contributed by atoms with E-state index in [1.807, 2.05) is 6.92 Å². The number of nitrogens with zero attached hydrogens (tertiary/aromatic N) is 2. The summed E-state index contributed by atoms with van der Waals surface area (Å²) in [5, 5.41) is 12.0. The molecule has 0 aliphatic heterocycles. The lowest BCUT2D eigenvalue weighted by atomic mass is 9.99. The first kappa shape index (κ1) is 15.1. The minimum atomic E-state index is 0.356. The van der Waals surface area contributed by atoms with Crippen LogP contribution < -0.4 is 5.32 Å². The van der Waals surface area contributed by atoms with Crippen LogP contribution in [-0.2, 0) is 11.2 Å². The first-order valence-electron chi connectivity index (χ1n) is 6.78. The van der Waals surface area contributed by atoms with Crippen molar-refractivity contribution in [1.82, 2.24) is 15.5 Å². The van der Waals surface area contributed by atoms with Gasteiger partial charge in [0, 0.05) is 19.8 Å². The lowest BCUT2D eigenvalue weighted by molar-refractivity contribution is 0.189. The molecule has 0 radical (unpaired) electrons. The summed E-state index contributed by atoms with van der Waals surface area (Å²) in [6, 6.07) is 2.51. The third-order valence-corrected chi connectivity index (χ3v) is 3.03. The summed E-state index contributed by atoms with van der Waals surface area (Å²) in [5.74, 6) is 0. The highest BCUT2D eigenvalue weighted by molar-refractivity contribution is 5.24. The van der Waals surface area contributed by atoms with Crippen LogP contribution in [0.3, 0.4) is 0 Å². The highest BCUT2D eigenvalue weighted by Gasteiger charge is 2.15. The van der Waals surface area contributed by atoms with Gasteiger partial charge in [0.1, 0.15) is 0 Å².